The van der Waals surface area contributed by atoms with Crippen LogP contribution in [0.25, 0.3) is 10.6 Å². The van der Waals surface area contributed by atoms with Gasteiger partial charge in [0, 0.05) is 5.56 Å². The van der Waals surface area contributed by atoms with Crippen LogP contribution in [-0.4, -0.2) is 36.6 Å². The highest BCUT2D eigenvalue weighted by Crippen LogP contribution is 2.35. The second kappa shape index (κ2) is 7.10. The zero-order chi connectivity index (χ0) is 18.8. The Morgan fingerprint density at radius 3 is 2.40 bits per heavy atom. The second-order valence-corrected chi connectivity index (χ2v) is 6.95. The molecular weight excluding hydrogens is 342 g/mol. The number of hydrogen-bond donors (Lipinski definition) is 2. The van der Waals surface area contributed by atoms with Crippen LogP contribution in [0.2, 0.25) is 0 Å². The van der Waals surface area contributed by atoms with Gasteiger partial charge >= 0.3 is 0 Å². The third-order valence-corrected chi connectivity index (χ3v) is 4.88. The molecule has 0 aliphatic rings. The number of thiazole rings is 1. The van der Waals surface area contributed by atoms with Crippen molar-refractivity contribution in [2.24, 2.45) is 5.73 Å². The Kier molecular flexibility index (Phi) is 5.32. The van der Waals surface area contributed by atoms with Gasteiger partial charge in [-0.2, -0.15) is 0 Å². The fraction of sp³-hybridized carbons (Fsp3) is 0.353. The number of carbonyl (C=O) groups is 2. The number of aromatic nitrogens is 1. The minimum absolute atomic E-state index is 0.384. The number of nitrogens with two attached hydrogens (primary N) is 1. The van der Waals surface area contributed by atoms with Crippen LogP contribution in [0.4, 0.5) is 0 Å². The molecule has 0 aliphatic carbocycles. The Morgan fingerprint density at radius 2 is 1.84 bits per heavy atom. The third kappa shape index (κ3) is 3.90. The lowest BCUT2D eigenvalue weighted by Gasteiger charge is -2.21. The highest BCUT2D eigenvalue weighted by molar-refractivity contribution is 7.17. The van der Waals surface area contributed by atoms with Crippen molar-refractivity contribution in [1.82, 2.24) is 10.3 Å². The topological polar surface area (TPSA) is 104 Å². The van der Waals surface area contributed by atoms with Gasteiger partial charge in [-0.05, 0) is 39.0 Å². The summed E-state index contributed by atoms with van der Waals surface area (Å²) in [6.07, 6.45) is 0. The Hall–Kier alpha value is -2.61. The average Bonchev–Trinajstić information content (AvgIpc) is 2.95. The monoisotopic (exact) mass is 363 g/mol. The van der Waals surface area contributed by atoms with Gasteiger partial charge in [0.05, 0.1) is 19.9 Å². The zero-order valence-corrected chi connectivity index (χ0v) is 15.6. The van der Waals surface area contributed by atoms with Crippen LogP contribution in [0.5, 0.6) is 11.5 Å². The minimum atomic E-state index is -1.14. The maximum atomic E-state index is 12.5. The van der Waals surface area contributed by atoms with Crippen molar-refractivity contribution in [2.45, 2.75) is 26.3 Å². The number of amides is 2. The third-order valence-electron chi connectivity index (χ3n) is 3.68. The Labute approximate surface area is 150 Å². The molecule has 25 heavy (non-hydrogen) atoms. The molecule has 134 valence electrons. The summed E-state index contributed by atoms with van der Waals surface area (Å²) in [7, 11) is 3.12. The van der Waals surface area contributed by atoms with E-state index < -0.39 is 11.4 Å². The number of aryl methyl sites for hydroxylation is 1. The van der Waals surface area contributed by atoms with Gasteiger partial charge in [-0.3, -0.25) is 9.59 Å². The molecular formula is C17H21N3O4S. The molecule has 0 radical (unpaired) electrons. The van der Waals surface area contributed by atoms with Crippen LogP contribution in [0, 0.1) is 6.92 Å². The van der Waals surface area contributed by atoms with Crippen molar-refractivity contribution in [1.29, 1.82) is 0 Å². The van der Waals surface area contributed by atoms with Crippen molar-refractivity contribution in [3.63, 3.8) is 0 Å². The maximum absolute atomic E-state index is 12.5. The molecule has 2 amide bonds. The number of ether oxygens (including phenoxy) is 2. The van der Waals surface area contributed by atoms with Gasteiger partial charge in [0.1, 0.15) is 15.4 Å². The van der Waals surface area contributed by atoms with E-state index in [-0.39, 0.29) is 5.91 Å². The second-order valence-electron chi connectivity index (χ2n) is 5.95. The molecule has 0 spiro atoms. The number of carbonyl (C=O) groups excluding carboxylic acids is 2. The van der Waals surface area contributed by atoms with Crippen molar-refractivity contribution in [3.05, 3.63) is 28.8 Å². The van der Waals surface area contributed by atoms with E-state index in [1.807, 2.05) is 6.07 Å². The Bertz CT molecular complexity index is 814. The molecule has 7 nitrogen and oxygen atoms in total. The average molecular weight is 363 g/mol. The number of nitrogens with one attached hydrogen (secondary N) is 1. The molecule has 0 saturated heterocycles. The summed E-state index contributed by atoms with van der Waals surface area (Å²) >= 11 is 1.23. The summed E-state index contributed by atoms with van der Waals surface area (Å²) in [5, 5.41) is 3.30. The molecule has 0 fully saturated rings. The van der Waals surface area contributed by atoms with Crippen LogP contribution < -0.4 is 20.5 Å². The first-order valence-corrected chi connectivity index (χ1v) is 8.33. The highest BCUT2D eigenvalue weighted by atomic mass is 32.1. The lowest BCUT2D eigenvalue weighted by molar-refractivity contribution is -0.122. The lowest BCUT2D eigenvalue weighted by Crippen LogP contribution is -2.52. The zero-order valence-electron chi connectivity index (χ0n) is 14.8. The molecule has 0 saturated carbocycles. The summed E-state index contributed by atoms with van der Waals surface area (Å²) < 4.78 is 10.5. The van der Waals surface area contributed by atoms with E-state index in [0.29, 0.717) is 27.1 Å². The minimum Gasteiger partial charge on any atom is -0.493 e. The summed E-state index contributed by atoms with van der Waals surface area (Å²) in [6, 6.07) is 5.42. The number of methoxy groups -OCH3 is 2. The lowest BCUT2D eigenvalue weighted by atomic mass is 10.1. The van der Waals surface area contributed by atoms with Gasteiger partial charge in [0.2, 0.25) is 5.91 Å². The van der Waals surface area contributed by atoms with Gasteiger partial charge in [-0.1, -0.05) is 0 Å². The van der Waals surface area contributed by atoms with Crippen molar-refractivity contribution < 1.29 is 19.1 Å². The van der Waals surface area contributed by atoms with Crippen LogP contribution in [0.3, 0.4) is 0 Å². The van der Waals surface area contributed by atoms with Gasteiger partial charge in [-0.25, -0.2) is 4.98 Å². The van der Waals surface area contributed by atoms with E-state index in [4.69, 9.17) is 15.2 Å². The predicted molar refractivity (Wildman–Crippen MR) is 96.1 cm³/mol. The van der Waals surface area contributed by atoms with E-state index in [1.54, 1.807) is 47.1 Å². The van der Waals surface area contributed by atoms with Gasteiger partial charge in [-0.15, -0.1) is 11.3 Å². The largest absolute Gasteiger partial charge is 0.493 e. The smallest absolute Gasteiger partial charge is 0.264 e. The van der Waals surface area contributed by atoms with E-state index in [2.05, 4.69) is 10.3 Å². The molecule has 0 unspecified atom stereocenters. The number of nitrogens with zero attached hydrogens (tertiary/aromatic N) is 1. The number of primary amides is 1. The summed E-state index contributed by atoms with van der Waals surface area (Å²) in [6.45, 7) is 4.85. The first-order chi connectivity index (χ1) is 11.7. The molecule has 8 heteroatoms. The first kappa shape index (κ1) is 18.7. The predicted octanol–water partition coefficient (Wildman–Crippen LogP) is 2.13. The molecule has 1 aromatic carbocycles. The quantitative estimate of drug-likeness (QED) is 0.818. The first-order valence-electron chi connectivity index (χ1n) is 7.52. The van der Waals surface area contributed by atoms with Crippen LogP contribution >= 0.6 is 11.3 Å². The normalized spacial score (nSPS) is 11.1. The van der Waals surface area contributed by atoms with Crippen LogP contribution in [0.1, 0.15) is 29.2 Å². The van der Waals surface area contributed by atoms with Crippen LogP contribution in [0.15, 0.2) is 18.2 Å². The highest BCUT2D eigenvalue weighted by Gasteiger charge is 2.29. The number of benzene rings is 1. The molecule has 2 aromatic rings. The van der Waals surface area contributed by atoms with Gasteiger partial charge in [0.25, 0.3) is 5.91 Å². The maximum Gasteiger partial charge on any atom is 0.264 e. The molecule has 1 heterocycles. The van der Waals surface area contributed by atoms with Crippen molar-refractivity contribution in [2.75, 3.05) is 14.2 Å². The van der Waals surface area contributed by atoms with Gasteiger partial charge < -0.3 is 20.5 Å². The Morgan fingerprint density at radius 1 is 1.20 bits per heavy atom. The molecule has 3 N–H and O–H groups in total. The number of hydrogen-bond acceptors (Lipinski definition) is 6. The molecule has 0 bridgehead atoms. The van der Waals surface area contributed by atoms with Crippen molar-refractivity contribution >= 4 is 23.2 Å². The summed E-state index contributed by atoms with van der Waals surface area (Å²) in [4.78, 5) is 28.7. The van der Waals surface area contributed by atoms with E-state index >= 15 is 0 Å². The summed E-state index contributed by atoms with van der Waals surface area (Å²) in [5.41, 5.74) is 5.54. The van der Waals surface area contributed by atoms with Gasteiger partial charge in [0.15, 0.2) is 11.5 Å². The van der Waals surface area contributed by atoms with E-state index in [1.165, 1.54) is 11.3 Å². The SMILES string of the molecule is COc1ccc(-c2nc(C)c(C(=O)NC(C)(C)C(N)=O)s2)cc1OC. The van der Waals surface area contributed by atoms with Crippen molar-refractivity contribution in [3.8, 4) is 22.1 Å². The molecule has 0 aliphatic heterocycles. The molecule has 1 aromatic heterocycles. The van der Waals surface area contributed by atoms with Crippen LogP contribution in [-0.2, 0) is 4.79 Å². The standard InChI is InChI=1S/C17H21N3O4S/c1-9-13(14(21)20-17(2,3)16(18)22)25-15(19-9)10-6-7-11(23-4)12(8-10)24-5/h6-8H,1-5H3,(H2,18,22)(H,20,21). The molecule has 0 atom stereocenters. The van der Waals surface area contributed by atoms with E-state index in [9.17, 15) is 9.59 Å². The Balaban J connectivity index is 2.34. The van der Waals surface area contributed by atoms with E-state index in [0.717, 1.165) is 5.56 Å². The fourth-order valence-electron chi connectivity index (χ4n) is 2.10. The fourth-order valence-corrected chi connectivity index (χ4v) is 3.06. The summed E-state index contributed by atoms with van der Waals surface area (Å²) in [5.74, 6) is 0.197. The number of rotatable bonds is 6. The molecule has 2 rings (SSSR count).